The van der Waals surface area contributed by atoms with Gasteiger partial charge in [0.25, 0.3) is 0 Å². The third-order valence-corrected chi connectivity index (χ3v) is 5.74. The first-order valence-electron chi connectivity index (χ1n) is 10.3. The van der Waals surface area contributed by atoms with Crippen LogP contribution in [0.15, 0.2) is 29.5 Å². The van der Waals surface area contributed by atoms with Crippen LogP contribution in [0.5, 0.6) is 0 Å². The monoisotopic (exact) mass is 437 g/mol. The molecule has 0 saturated carbocycles. The van der Waals surface area contributed by atoms with Crippen molar-refractivity contribution in [2.45, 2.75) is 31.6 Å². The summed E-state index contributed by atoms with van der Waals surface area (Å²) < 4.78 is 44.0. The minimum atomic E-state index is -1.06. The number of halogens is 2. The molecule has 2 fully saturated rings. The van der Waals surface area contributed by atoms with Crippen molar-refractivity contribution in [3.05, 3.63) is 46.7 Å². The first-order valence-corrected chi connectivity index (χ1v) is 10.3. The molecule has 3 aliphatic rings. The molecule has 0 radical (unpaired) electrons. The molecule has 2 amide bonds. The molecular formula is C21H25F2N3O5. The normalized spacial score (nSPS) is 23.6. The third kappa shape index (κ3) is 4.56. The zero-order chi connectivity index (χ0) is 22.0. The third-order valence-electron chi connectivity index (χ3n) is 5.74. The molecule has 3 aliphatic heterocycles. The Hall–Kier alpha value is -2.56. The van der Waals surface area contributed by atoms with Gasteiger partial charge in [0.1, 0.15) is 0 Å². The van der Waals surface area contributed by atoms with Crippen LogP contribution in [0.2, 0.25) is 0 Å². The summed E-state index contributed by atoms with van der Waals surface area (Å²) in [6.45, 7) is 4.56. The Bertz CT molecular complexity index is 891. The lowest BCUT2D eigenvalue weighted by Gasteiger charge is -2.39. The Morgan fingerprint density at radius 1 is 1.23 bits per heavy atom. The predicted octanol–water partition coefficient (Wildman–Crippen LogP) is 1.97. The fourth-order valence-electron chi connectivity index (χ4n) is 4.20. The maximum absolute atomic E-state index is 13.9. The van der Waals surface area contributed by atoms with Crippen molar-refractivity contribution in [3.63, 3.8) is 0 Å². The van der Waals surface area contributed by atoms with Crippen molar-refractivity contribution in [3.8, 4) is 0 Å². The fraction of sp³-hybridized carbons (Fsp3) is 0.524. The minimum Gasteiger partial charge on any atom is -0.463 e. The van der Waals surface area contributed by atoms with Crippen molar-refractivity contribution >= 4 is 12.0 Å². The summed E-state index contributed by atoms with van der Waals surface area (Å²) in [6.07, 6.45) is 1.35. The van der Waals surface area contributed by atoms with Gasteiger partial charge in [0.05, 0.1) is 31.4 Å². The molecule has 10 heteroatoms. The molecule has 168 valence electrons. The van der Waals surface area contributed by atoms with Gasteiger partial charge in [-0.25, -0.2) is 18.4 Å². The molecule has 31 heavy (non-hydrogen) atoms. The molecule has 3 heterocycles. The number of ether oxygens (including phenoxy) is 3. The fourth-order valence-corrected chi connectivity index (χ4v) is 4.20. The van der Waals surface area contributed by atoms with Gasteiger partial charge in [-0.05, 0) is 24.6 Å². The van der Waals surface area contributed by atoms with Gasteiger partial charge in [0.2, 0.25) is 0 Å². The molecule has 0 bridgehead atoms. The number of piperidine rings is 1. The summed E-state index contributed by atoms with van der Waals surface area (Å²) in [4.78, 5) is 27.2. The number of rotatable bonds is 5. The van der Waals surface area contributed by atoms with Crippen LogP contribution in [0.25, 0.3) is 0 Å². The molecule has 1 aromatic carbocycles. The zero-order valence-corrected chi connectivity index (χ0v) is 17.2. The molecule has 1 atom stereocenters. The molecule has 1 aromatic rings. The van der Waals surface area contributed by atoms with Crippen LogP contribution >= 0.6 is 0 Å². The van der Waals surface area contributed by atoms with Gasteiger partial charge < -0.3 is 24.8 Å². The second-order valence-corrected chi connectivity index (χ2v) is 7.70. The van der Waals surface area contributed by atoms with Gasteiger partial charge in [-0.15, -0.1) is 0 Å². The van der Waals surface area contributed by atoms with E-state index in [2.05, 4.69) is 15.5 Å². The average Bonchev–Trinajstić information content (AvgIpc) is 3.20. The van der Waals surface area contributed by atoms with Crippen molar-refractivity contribution in [2.24, 2.45) is 0 Å². The van der Waals surface area contributed by atoms with E-state index in [1.165, 1.54) is 6.07 Å². The highest BCUT2D eigenvalue weighted by Gasteiger charge is 2.41. The van der Waals surface area contributed by atoms with Gasteiger partial charge in [-0.2, -0.15) is 0 Å². The Labute approximate surface area is 178 Å². The van der Waals surface area contributed by atoms with E-state index >= 15 is 0 Å². The predicted molar refractivity (Wildman–Crippen MR) is 105 cm³/mol. The molecule has 0 aromatic heterocycles. The molecule has 2 saturated heterocycles. The molecule has 0 aliphatic carbocycles. The Kier molecular flexibility index (Phi) is 6.22. The SMILES string of the molecule is CCOC(=O)C1=C(CN2CCC3(CC2)OCCO3)NC(=O)NC1c1ccc(F)c(F)c1. The smallest absolute Gasteiger partial charge is 0.338 e. The van der Waals surface area contributed by atoms with Gasteiger partial charge >= 0.3 is 12.0 Å². The maximum Gasteiger partial charge on any atom is 0.338 e. The lowest BCUT2D eigenvalue weighted by molar-refractivity contribution is -0.184. The quantitative estimate of drug-likeness (QED) is 0.685. The highest BCUT2D eigenvalue weighted by molar-refractivity contribution is 5.95. The zero-order valence-electron chi connectivity index (χ0n) is 17.2. The van der Waals surface area contributed by atoms with Crippen molar-refractivity contribution in [1.29, 1.82) is 0 Å². The van der Waals surface area contributed by atoms with Crippen LogP contribution in [0, 0.1) is 11.6 Å². The Morgan fingerprint density at radius 2 is 1.94 bits per heavy atom. The lowest BCUT2D eigenvalue weighted by Crippen LogP contribution is -2.51. The van der Waals surface area contributed by atoms with Crippen LogP contribution in [-0.2, 0) is 19.0 Å². The van der Waals surface area contributed by atoms with E-state index in [9.17, 15) is 18.4 Å². The van der Waals surface area contributed by atoms with Crippen LogP contribution in [0.3, 0.4) is 0 Å². The van der Waals surface area contributed by atoms with Crippen LogP contribution in [0.4, 0.5) is 13.6 Å². The number of hydrogen-bond acceptors (Lipinski definition) is 6. The van der Waals surface area contributed by atoms with Crippen molar-refractivity contribution in [1.82, 2.24) is 15.5 Å². The van der Waals surface area contributed by atoms with Gasteiger partial charge in [-0.1, -0.05) is 6.07 Å². The molecule has 4 rings (SSSR count). The number of likely N-dealkylation sites (tertiary alicyclic amines) is 1. The molecule has 2 N–H and O–H groups in total. The van der Waals surface area contributed by atoms with Crippen LogP contribution in [-0.4, -0.2) is 62.1 Å². The van der Waals surface area contributed by atoms with Crippen LogP contribution < -0.4 is 10.6 Å². The van der Waals surface area contributed by atoms with Crippen molar-refractivity contribution < 1.29 is 32.6 Å². The molecule has 1 unspecified atom stereocenters. The van der Waals surface area contributed by atoms with E-state index in [1.54, 1.807) is 6.92 Å². The van der Waals surface area contributed by atoms with Gasteiger partial charge in [-0.3, -0.25) is 4.90 Å². The van der Waals surface area contributed by atoms with Gasteiger partial charge in [0, 0.05) is 38.2 Å². The lowest BCUT2D eigenvalue weighted by atomic mass is 9.94. The number of carbonyl (C=O) groups is 2. The van der Waals surface area contributed by atoms with E-state index in [0.717, 1.165) is 12.1 Å². The number of esters is 1. The second-order valence-electron chi connectivity index (χ2n) is 7.70. The summed E-state index contributed by atoms with van der Waals surface area (Å²) in [5, 5.41) is 5.32. The van der Waals surface area contributed by atoms with Crippen molar-refractivity contribution in [2.75, 3.05) is 39.5 Å². The molecular weight excluding hydrogens is 412 g/mol. The second kappa shape index (κ2) is 8.89. The van der Waals surface area contributed by atoms with E-state index in [0.29, 0.717) is 44.8 Å². The number of urea groups is 1. The first kappa shape index (κ1) is 21.7. The van der Waals surface area contributed by atoms with E-state index in [-0.39, 0.29) is 24.3 Å². The minimum absolute atomic E-state index is 0.134. The Morgan fingerprint density at radius 3 is 2.58 bits per heavy atom. The number of nitrogens with zero attached hydrogens (tertiary/aromatic N) is 1. The summed E-state index contributed by atoms with van der Waals surface area (Å²) >= 11 is 0. The van der Waals surface area contributed by atoms with E-state index < -0.39 is 35.5 Å². The maximum atomic E-state index is 13.9. The summed E-state index contributed by atoms with van der Waals surface area (Å²) in [6, 6.07) is 1.78. The standard InChI is InChI=1S/C21H25F2N3O5/c1-2-29-19(27)17-16(12-26-7-5-21(6-8-26)30-9-10-31-21)24-20(28)25-18(17)13-3-4-14(22)15(23)11-13/h3-4,11,18H,2,5-10,12H2,1H3,(H2,24,25,28). The number of carbonyl (C=O) groups excluding carboxylic acids is 2. The summed E-state index contributed by atoms with van der Waals surface area (Å²) in [5.74, 6) is -3.24. The summed E-state index contributed by atoms with van der Waals surface area (Å²) in [5.41, 5.74) is 0.793. The average molecular weight is 437 g/mol. The first-order chi connectivity index (χ1) is 14.9. The van der Waals surface area contributed by atoms with E-state index in [1.807, 2.05) is 0 Å². The number of benzene rings is 1. The van der Waals surface area contributed by atoms with Crippen LogP contribution in [0.1, 0.15) is 31.4 Å². The number of nitrogens with one attached hydrogen (secondary N) is 2. The molecule has 8 nitrogen and oxygen atoms in total. The number of hydrogen-bond donors (Lipinski definition) is 2. The van der Waals surface area contributed by atoms with Gasteiger partial charge in [0.15, 0.2) is 17.4 Å². The highest BCUT2D eigenvalue weighted by atomic mass is 19.2. The highest BCUT2D eigenvalue weighted by Crippen LogP contribution is 2.33. The largest absolute Gasteiger partial charge is 0.463 e. The number of amides is 2. The van der Waals surface area contributed by atoms with E-state index in [4.69, 9.17) is 14.2 Å². The topological polar surface area (TPSA) is 89.1 Å². The Balaban J connectivity index is 1.61. The summed E-state index contributed by atoms with van der Waals surface area (Å²) in [7, 11) is 0. The molecule has 1 spiro atoms.